The summed E-state index contributed by atoms with van der Waals surface area (Å²) in [5.41, 5.74) is 0. The minimum absolute atomic E-state index is 0.0248. The number of aliphatic hydroxyl groups is 1. The molecule has 0 aromatic heterocycles. The van der Waals surface area contributed by atoms with E-state index in [4.69, 9.17) is 56.8 Å². The molecule has 0 aliphatic heterocycles. The zero-order valence-corrected chi connectivity index (χ0v) is 35.9. The minimum atomic E-state index is -0.487. The van der Waals surface area contributed by atoms with Gasteiger partial charge in [0, 0.05) is 6.61 Å². The molecule has 0 bridgehead atoms. The molecule has 0 fully saturated rings. The first-order valence-corrected chi connectivity index (χ1v) is 20.1. The molecule has 0 amide bonds. The van der Waals surface area contributed by atoms with Gasteiger partial charge in [0.25, 0.3) is 0 Å². The maximum Gasteiger partial charge on any atom is 0.0781 e. The Morgan fingerprint density at radius 2 is 0.491 bits per heavy atom. The second-order valence-electron chi connectivity index (χ2n) is 14.9. The van der Waals surface area contributed by atoms with Crippen LogP contribution in [0.1, 0.15) is 103 Å². The van der Waals surface area contributed by atoms with Gasteiger partial charge in [-0.25, -0.2) is 0 Å². The van der Waals surface area contributed by atoms with Crippen LogP contribution in [-0.4, -0.2) is 164 Å². The lowest BCUT2D eigenvalue weighted by Crippen LogP contribution is -2.31. The first-order valence-electron chi connectivity index (χ1n) is 20.1. The zero-order valence-electron chi connectivity index (χ0n) is 35.9. The summed E-state index contributed by atoms with van der Waals surface area (Å²) in [6, 6.07) is 0. The van der Waals surface area contributed by atoms with Crippen LogP contribution in [0, 0.1) is 0 Å². The Labute approximate surface area is 323 Å². The van der Waals surface area contributed by atoms with Gasteiger partial charge in [0.2, 0.25) is 0 Å². The topological polar surface area (TPSA) is 131 Å². The van der Waals surface area contributed by atoms with Gasteiger partial charge in [-0.3, -0.25) is 0 Å². The van der Waals surface area contributed by atoms with Crippen LogP contribution in [0.15, 0.2) is 0 Å². The number of rotatable bonds is 38. The smallest absolute Gasteiger partial charge is 0.0781 e. The SMILES string of the molecule is CCCCOCC(C)OCC(C)OCC(C)OCC(C)OCC(C)OCC(C)OCC(C)OCC(C)OCC(C)OCC(C)OCC(C)OCC(C)O. The fraction of sp³-hybridized carbons (Fsp3) is 1.00. The van der Waals surface area contributed by atoms with E-state index in [0.29, 0.717) is 79.3 Å². The largest absolute Gasteiger partial charge is 0.391 e. The number of unbranched alkanes of at least 4 members (excludes halogenated alkanes) is 1. The summed E-state index contributed by atoms with van der Waals surface area (Å²) in [6.45, 7) is 32.0. The lowest BCUT2D eigenvalue weighted by molar-refractivity contribution is -0.114. The lowest BCUT2D eigenvalue weighted by Gasteiger charge is -2.23. The summed E-state index contributed by atoms with van der Waals surface area (Å²) in [6.07, 6.45) is 1.03. The van der Waals surface area contributed by atoms with Crippen LogP contribution in [0.5, 0.6) is 0 Å². The Morgan fingerprint density at radius 3 is 0.679 bits per heavy atom. The number of ether oxygens (including phenoxy) is 12. The highest BCUT2D eigenvalue weighted by Gasteiger charge is 2.16. The van der Waals surface area contributed by atoms with Gasteiger partial charge in [0.1, 0.15) is 0 Å². The standard InChI is InChI=1S/C40H82O13/c1-14-15-16-42-18-30(3)44-20-32(5)46-22-34(7)48-24-36(9)50-26-38(11)52-28-40(13)53-27-39(12)51-25-37(10)49-23-35(8)47-21-33(6)45-19-31(4)43-17-29(2)41/h29-41H,14-28H2,1-13H3. The molecule has 0 aliphatic rings. The van der Waals surface area contributed by atoms with Gasteiger partial charge < -0.3 is 61.9 Å². The highest BCUT2D eigenvalue weighted by molar-refractivity contribution is 4.61. The minimum Gasteiger partial charge on any atom is -0.391 e. The van der Waals surface area contributed by atoms with Crippen LogP contribution >= 0.6 is 0 Å². The Balaban J connectivity index is 3.93. The van der Waals surface area contributed by atoms with Crippen molar-refractivity contribution in [1.29, 1.82) is 0 Å². The number of hydrogen-bond donors (Lipinski definition) is 1. The van der Waals surface area contributed by atoms with Gasteiger partial charge in [0.15, 0.2) is 0 Å². The monoisotopic (exact) mass is 771 g/mol. The van der Waals surface area contributed by atoms with Gasteiger partial charge in [-0.2, -0.15) is 0 Å². The first kappa shape index (κ1) is 52.5. The van der Waals surface area contributed by atoms with Crippen molar-refractivity contribution in [2.45, 2.75) is 176 Å². The van der Waals surface area contributed by atoms with Crippen LogP contribution in [0.2, 0.25) is 0 Å². The second-order valence-corrected chi connectivity index (χ2v) is 14.9. The highest BCUT2D eigenvalue weighted by atomic mass is 16.6. The molecular formula is C40H82O13. The third-order valence-electron chi connectivity index (χ3n) is 7.77. The van der Waals surface area contributed by atoms with Crippen molar-refractivity contribution < 1.29 is 61.9 Å². The molecular weight excluding hydrogens is 688 g/mol. The third kappa shape index (κ3) is 34.5. The maximum atomic E-state index is 9.32. The molecule has 320 valence electrons. The summed E-state index contributed by atoms with van der Waals surface area (Å²) in [7, 11) is 0. The molecule has 0 saturated heterocycles. The van der Waals surface area contributed by atoms with Crippen molar-refractivity contribution in [3.05, 3.63) is 0 Å². The second kappa shape index (κ2) is 33.6. The summed E-state index contributed by atoms with van der Waals surface area (Å²) in [4.78, 5) is 0. The van der Waals surface area contributed by atoms with E-state index >= 15 is 0 Å². The molecule has 0 radical (unpaired) electrons. The third-order valence-corrected chi connectivity index (χ3v) is 7.77. The quantitative estimate of drug-likeness (QED) is 0.0779. The molecule has 13 heteroatoms. The molecule has 0 rings (SSSR count). The molecule has 13 nitrogen and oxygen atoms in total. The van der Waals surface area contributed by atoms with Crippen molar-refractivity contribution in [3.8, 4) is 0 Å². The summed E-state index contributed by atoms with van der Waals surface area (Å²) in [5, 5.41) is 9.32. The van der Waals surface area contributed by atoms with Crippen LogP contribution in [0.4, 0.5) is 0 Å². The molecule has 53 heavy (non-hydrogen) atoms. The van der Waals surface area contributed by atoms with Crippen LogP contribution in [0.25, 0.3) is 0 Å². The summed E-state index contributed by atoms with van der Waals surface area (Å²) >= 11 is 0. The normalized spacial score (nSPS) is 19.1. The molecule has 1 N–H and O–H groups in total. The van der Waals surface area contributed by atoms with E-state index in [-0.39, 0.29) is 67.1 Å². The highest BCUT2D eigenvalue weighted by Crippen LogP contribution is 2.07. The van der Waals surface area contributed by atoms with Crippen LogP contribution in [0.3, 0.4) is 0 Å². The van der Waals surface area contributed by atoms with Crippen molar-refractivity contribution >= 4 is 0 Å². The number of aliphatic hydroxyl groups excluding tert-OH is 1. The fourth-order valence-electron chi connectivity index (χ4n) is 4.33. The Hall–Kier alpha value is -0.520. The maximum absolute atomic E-state index is 9.32. The molecule has 12 unspecified atom stereocenters. The molecule has 0 aliphatic carbocycles. The van der Waals surface area contributed by atoms with Gasteiger partial charge >= 0.3 is 0 Å². The van der Waals surface area contributed by atoms with Crippen molar-refractivity contribution in [1.82, 2.24) is 0 Å². The van der Waals surface area contributed by atoms with E-state index in [1.165, 1.54) is 0 Å². The molecule has 0 heterocycles. The zero-order chi connectivity index (χ0) is 40.0. The van der Waals surface area contributed by atoms with Gasteiger partial charge in [-0.05, 0) is 89.5 Å². The number of hydrogen-bond acceptors (Lipinski definition) is 13. The van der Waals surface area contributed by atoms with Gasteiger partial charge in [-0.15, -0.1) is 0 Å². The van der Waals surface area contributed by atoms with E-state index in [1.807, 2.05) is 76.2 Å². The molecule has 0 aromatic rings. The predicted octanol–water partition coefficient (Wildman–Crippen LogP) is 5.64. The molecule has 12 atom stereocenters. The van der Waals surface area contributed by atoms with E-state index in [1.54, 1.807) is 6.92 Å². The Bertz CT molecular complexity index is 794. The average molecular weight is 771 g/mol. The van der Waals surface area contributed by atoms with Crippen molar-refractivity contribution in [2.24, 2.45) is 0 Å². The fourth-order valence-corrected chi connectivity index (χ4v) is 4.33. The summed E-state index contributed by atoms with van der Waals surface area (Å²) < 4.78 is 70.1. The molecule has 0 saturated carbocycles. The first-order chi connectivity index (χ1) is 25.1. The Morgan fingerprint density at radius 1 is 0.302 bits per heavy atom. The van der Waals surface area contributed by atoms with E-state index in [0.717, 1.165) is 19.4 Å². The van der Waals surface area contributed by atoms with Gasteiger partial charge in [0.05, 0.1) is 153 Å². The van der Waals surface area contributed by atoms with Crippen LogP contribution < -0.4 is 0 Å². The van der Waals surface area contributed by atoms with Gasteiger partial charge in [-0.1, -0.05) is 13.3 Å². The van der Waals surface area contributed by atoms with Crippen LogP contribution in [-0.2, 0) is 56.8 Å². The molecule has 0 aromatic carbocycles. The summed E-state index contributed by atoms with van der Waals surface area (Å²) in [5.74, 6) is 0. The average Bonchev–Trinajstić information content (AvgIpc) is 3.13. The lowest BCUT2D eigenvalue weighted by atomic mass is 10.3. The molecule has 0 spiro atoms. The Kier molecular flexibility index (Phi) is 33.3. The van der Waals surface area contributed by atoms with Crippen molar-refractivity contribution in [3.63, 3.8) is 0 Å². The van der Waals surface area contributed by atoms with E-state index in [9.17, 15) is 5.11 Å². The predicted molar refractivity (Wildman–Crippen MR) is 207 cm³/mol. The van der Waals surface area contributed by atoms with E-state index in [2.05, 4.69) is 6.92 Å². The van der Waals surface area contributed by atoms with E-state index < -0.39 is 6.10 Å². The van der Waals surface area contributed by atoms with Crippen molar-refractivity contribution in [2.75, 3.05) is 85.9 Å².